The predicted octanol–water partition coefficient (Wildman–Crippen LogP) is 4.53. The third-order valence-electron chi connectivity index (χ3n) is 5.64. The number of thioether (sulfide) groups is 1. The Bertz CT molecular complexity index is 953. The van der Waals surface area contributed by atoms with Gasteiger partial charge in [0.05, 0.1) is 10.6 Å². The molecule has 1 aliphatic heterocycles. The van der Waals surface area contributed by atoms with E-state index in [0.717, 1.165) is 28.1 Å². The van der Waals surface area contributed by atoms with Gasteiger partial charge in [-0.05, 0) is 59.4 Å². The van der Waals surface area contributed by atoms with E-state index < -0.39 is 0 Å². The van der Waals surface area contributed by atoms with Crippen molar-refractivity contribution in [2.75, 3.05) is 0 Å². The molecule has 5 nitrogen and oxygen atoms in total. The second kappa shape index (κ2) is 8.41. The van der Waals surface area contributed by atoms with Crippen LogP contribution in [-0.2, 0) is 11.3 Å². The van der Waals surface area contributed by atoms with Crippen LogP contribution in [0.4, 0.5) is 0 Å². The second-order valence-electron chi connectivity index (χ2n) is 7.70. The van der Waals surface area contributed by atoms with Gasteiger partial charge in [0.2, 0.25) is 5.91 Å². The van der Waals surface area contributed by atoms with E-state index in [-0.39, 0.29) is 28.8 Å². The fraction of sp³-hybridized carbons (Fsp3) is 0.571. The number of hydrogen-bond donors (Lipinski definition) is 0. The highest BCUT2D eigenvalue weighted by Gasteiger charge is 2.32. The van der Waals surface area contributed by atoms with Gasteiger partial charge >= 0.3 is 0 Å². The number of allylic oxidation sites excluding steroid dienone is 1. The minimum Gasteiger partial charge on any atom is -0.336 e. The molecule has 0 aromatic carbocycles. The molecule has 1 fully saturated rings. The Morgan fingerprint density at radius 1 is 1.36 bits per heavy atom. The van der Waals surface area contributed by atoms with E-state index in [1.54, 1.807) is 10.6 Å². The van der Waals surface area contributed by atoms with Crippen molar-refractivity contribution in [1.29, 1.82) is 0 Å². The van der Waals surface area contributed by atoms with Crippen molar-refractivity contribution in [2.24, 2.45) is 0 Å². The minimum absolute atomic E-state index is 0.0476. The number of thiophene rings is 1. The summed E-state index contributed by atoms with van der Waals surface area (Å²) in [5, 5.41) is 0.980. The number of aryl methyl sites for hydroxylation is 2. The van der Waals surface area contributed by atoms with Crippen molar-refractivity contribution in [1.82, 2.24) is 14.5 Å². The summed E-state index contributed by atoms with van der Waals surface area (Å²) in [6.45, 7) is 14.3. The van der Waals surface area contributed by atoms with E-state index in [4.69, 9.17) is 4.98 Å². The number of rotatable bonds is 5. The van der Waals surface area contributed by atoms with Crippen molar-refractivity contribution in [3.63, 3.8) is 0 Å². The minimum atomic E-state index is -0.300. The summed E-state index contributed by atoms with van der Waals surface area (Å²) in [5.74, 6) is 0.128. The number of carbonyl (C=O) groups excluding carboxylic acids is 1. The highest BCUT2D eigenvalue weighted by molar-refractivity contribution is 8.00. The molecule has 2 aromatic heterocycles. The maximum Gasteiger partial charge on any atom is 0.263 e. The first-order valence-corrected chi connectivity index (χ1v) is 11.6. The molecule has 0 bridgehead atoms. The largest absolute Gasteiger partial charge is 0.336 e. The molecule has 0 aliphatic carbocycles. The molecule has 3 atom stereocenters. The summed E-state index contributed by atoms with van der Waals surface area (Å²) in [6.07, 6.45) is 4.97. The summed E-state index contributed by atoms with van der Waals surface area (Å²) in [5.41, 5.74) is 0.945. The number of hydrogen-bond acceptors (Lipinski definition) is 5. The van der Waals surface area contributed by atoms with Gasteiger partial charge in [-0.15, -0.1) is 17.9 Å². The highest BCUT2D eigenvalue weighted by atomic mass is 32.2. The molecule has 1 aliphatic rings. The summed E-state index contributed by atoms with van der Waals surface area (Å²) in [4.78, 5) is 34.9. The van der Waals surface area contributed by atoms with E-state index >= 15 is 0 Å². The van der Waals surface area contributed by atoms with Gasteiger partial charge < -0.3 is 4.90 Å². The third-order valence-corrected chi connectivity index (χ3v) is 7.82. The Balaban J connectivity index is 1.96. The fourth-order valence-electron chi connectivity index (χ4n) is 3.96. The summed E-state index contributed by atoms with van der Waals surface area (Å²) >= 11 is 2.92. The van der Waals surface area contributed by atoms with Crippen molar-refractivity contribution in [3.8, 4) is 0 Å². The number of aromatic nitrogens is 2. The van der Waals surface area contributed by atoms with Crippen LogP contribution in [0.3, 0.4) is 0 Å². The number of nitrogens with zero attached hydrogens (tertiary/aromatic N) is 3. The van der Waals surface area contributed by atoms with E-state index in [1.165, 1.54) is 29.5 Å². The first-order valence-electron chi connectivity index (χ1n) is 9.86. The Morgan fingerprint density at radius 3 is 2.61 bits per heavy atom. The molecule has 3 rings (SSSR count). The van der Waals surface area contributed by atoms with E-state index in [2.05, 4.69) is 20.4 Å². The van der Waals surface area contributed by atoms with Crippen LogP contribution >= 0.6 is 23.1 Å². The van der Waals surface area contributed by atoms with Crippen LogP contribution in [0.2, 0.25) is 0 Å². The number of fused-ring (bicyclic) bond motifs is 1. The van der Waals surface area contributed by atoms with Gasteiger partial charge in [0, 0.05) is 23.5 Å². The molecule has 0 radical (unpaired) electrons. The summed E-state index contributed by atoms with van der Waals surface area (Å²) in [6, 6.07) is 0.514. The first kappa shape index (κ1) is 21.1. The van der Waals surface area contributed by atoms with Gasteiger partial charge in [-0.3, -0.25) is 14.2 Å². The molecule has 1 amide bonds. The van der Waals surface area contributed by atoms with Crippen molar-refractivity contribution in [2.45, 2.75) is 82.9 Å². The zero-order valence-electron chi connectivity index (χ0n) is 17.3. The Morgan fingerprint density at radius 2 is 2.00 bits per heavy atom. The van der Waals surface area contributed by atoms with Gasteiger partial charge in [0.1, 0.15) is 4.83 Å². The zero-order valence-corrected chi connectivity index (χ0v) is 19.0. The molecule has 0 unspecified atom stereocenters. The van der Waals surface area contributed by atoms with Crippen molar-refractivity contribution >= 4 is 39.2 Å². The van der Waals surface area contributed by atoms with Crippen LogP contribution in [0.25, 0.3) is 10.2 Å². The molecule has 28 heavy (non-hydrogen) atoms. The average molecular weight is 420 g/mol. The van der Waals surface area contributed by atoms with Gasteiger partial charge in [-0.25, -0.2) is 4.98 Å². The molecule has 7 heteroatoms. The SMILES string of the molecule is C=CCn1c(S[C@H](C)C(=O)N2[C@@H](C)CCC[C@@H]2C)nc2sc(C)c(C)c2c1=O. The number of amides is 1. The van der Waals surface area contributed by atoms with Gasteiger partial charge in [0.25, 0.3) is 5.56 Å². The van der Waals surface area contributed by atoms with Gasteiger partial charge in [0.15, 0.2) is 5.16 Å². The summed E-state index contributed by atoms with van der Waals surface area (Å²) < 4.78 is 1.64. The maximum atomic E-state index is 13.2. The van der Waals surface area contributed by atoms with Crippen molar-refractivity contribution < 1.29 is 4.79 Å². The molecule has 0 spiro atoms. The van der Waals surface area contributed by atoms with Gasteiger partial charge in [-0.1, -0.05) is 17.8 Å². The molecule has 0 saturated carbocycles. The third kappa shape index (κ3) is 3.79. The molecular formula is C21H29N3O2S2. The Hall–Kier alpha value is -1.60. The molecular weight excluding hydrogens is 390 g/mol. The lowest BCUT2D eigenvalue weighted by atomic mass is 9.97. The Kier molecular flexibility index (Phi) is 6.34. The lowest BCUT2D eigenvalue weighted by Gasteiger charge is -2.40. The second-order valence-corrected chi connectivity index (χ2v) is 10.2. The fourth-order valence-corrected chi connectivity index (χ4v) is 6.01. The lowest BCUT2D eigenvalue weighted by molar-refractivity contribution is -0.136. The Labute approximate surface area is 174 Å². The topological polar surface area (TPSA) is 55.2 Å². The van der Waals surface area contributed by atoms with Crippen LogP contribution in [0.5, 0.6) is 0 Å². The smallest absolute Gasteiger partial charge is 0.263 e. The number of carbonyl (C=O) groups is 1. The van der Waals surface area contributed by atoms with E-state index in [9.17, 15) is 9.59 Å². The molecule has 3 heterocycles. The number of piperidine rings is 1. The zero-order chi connectivity index (χ0) is 20.6. The normalized spacial score (nSPS) is 21.1. The summed E-state index contributed by atoms with van der Waals surface area (Å²) in [7, 11) is 0. The van der Waals surface area contributed by atoms with Crippen LogP contribution in [0.1, 0.15) is 50.5 Å². The molecule has 1 saturated heterocycles. The van der Waals surface area contributed by atoms with Gasteiger partial charge in [-0.2, -0.15) is 0 Å². The molecule has 2 aromatic rings. The first-order chi connectivity index (χ1) is 13.3. The van der Waals surface area contributed by atoms with Crippen LogP contribution in [0.15, 0.2) is 22.6 Å². The quantitative estimate of drug-likeness (QED) is 0.406. The number of likely N-dealkylation sites (tertiary alicyclic amines) is 1. The predicted molar refractivity (Wildman–Crippen MR) is 118 cm³/mol. The van der Waals surface area contributed by atoms with Crippen LogP contribution in [0, 0.1) is 13.8 Å². The van der Waals surface area contributed by atoms with Crippen LogP contribution < -0.4 is 5.56 Å². The monoisotopic (exact) mass is 419 g/mol. The standard InChI is InChI=1S/C21H29N3O2S2/c1-7-11-23-20(26)17-14(4)15(5)27-18(17)22-21(23)28-16(6)19(25)24-12(2)9-8-10-13(24)3/h7,12-13,16H,1,8-11H2,2-6H3/t12-,13-,16+/m0/s1. The maximum absolute atomic E-state index is 13.2. The molecule has 152 valence electrons. The van der Waals surface area contributed by atoms with Crippen LogP contribution in [-0.4, -0.2) is 37.7 Å². The van der Waals surface area contributed by atoms with E-state index in [0.29, 0.717) is 17.1 Å². The lowest BCUT2D eigenvalue weighted by Crippen LogP contribution is -2.50. The highest BCUT2D eigenvalue weighted by Crippen LogP contribution is 2.31. The molecule has 0 N–H and O–H groups in total. The van der Waals surface area contributed by atoms with Crippen molar-refractivity contribution in [3.05, 3.63) is 33.4 Å². The average Bonchev–Trinajstić information content (AvgIpc) is 2.92. The van der Waals surface area contributed by atoms with E-state index in [1.807, 2.05) is 25.7 Å².